The van der Waals surface area contributed by atoms with Crippen molar-refractivity contribution in [2.45, 2.75) is 50.5 Å². The standard InChI is InChI=1S/C23H27F8N3O6S/c1-20(2)18(35)33(15-4-5-17(34(37)38)16(14-15)22(26,27)28)19(36)32(20)7-8-39-9-10-40-11-13-41-12-3-6-21(24,25)23(29,30)31/h4-5,14H,3,6-13H2,1-2H3. The lowest BCUT2D eigenvalue weighted by Gasteiger charge is -2.27. The molecule has 3 amide bonds. The van der Waals surface area contributed by atoms with Gasteiger partial charge in [-0.05, 0) is 38.2 Å². The summed E-state index contributed by atoms with van der Waals surface area (Å²) in [5.74, 6) is -5.11. The van der Waals surface area contributed by atoms with Crippen LogP contribution >= 0.6 is 11.8 Å². The largest absolute Gasteiger partial charge is 0.453 e. The smallest absolute Gasteiger partial charge is 0.378 e. The topological polar surface area (TPSA) is 102 Å². The average Bonchev–Trinajstić information content (AvgIpc) is 3.01. The minimum absolute atomic E-state index is 0.0554. The third-order valence-electron chi connectivity index (χ3n) is 5.96. The van der Waals surface area contributed by atoms with Crippen LogP contribution in [0.3, 0.4) is 0 Å². The average molecular weight is 626 g/mol. The van der Waals surface area contributed by atoms with Gasteiger partial charge < -0.3 is 14.4 Å². The first-order chi connectivity index (χ1) is 18.8. The number of carbonyl (C=O) groups is 2. The molecule has 41 heavy (non-hydrogen) atoms. The molecular formula is C23H27F8N3O6S. The maximum absolute atomic E-state index is 13.4. The molecule has 0 N–H and O–H groups in total. The second kappa shape index (κ2) is 13.5. The Hall–Kier alpha value is -2.73. The maximum Gasteiger partial charge on any atom is 0.453 e. The summed E-state index contributed by atoms with van der Waals surface area (Å²) in [4.78, 5) is 37.3. The number of anilines is 1. The number of imide groups is 1. The van der Waals surface area contributed by atoms with E-state index in [1.165, 1.54) is 13.8 Å². The molecule has 1 aromatic rings. The molecule has 232 valence electrons. The van der Waals surface area contributed by atoms with Crippen LogP contribution in [-0.2, 0) is 20.4 Å². The quantitative estimate of drug-likeness (QED) is 0.0786. The number of benzene rings is 1. The Morgan fingerprint density at radius 3 is 2.12 bits per heavy atom. The number of urea groups is 1. The zero-order chi connectivity index (χ0) is 31.2. The van der Waals surface area contributed by atoms with Gasteiger partial charge in [0.05, 0.1) is 37.0 Å². The van der Waals surface area contributed by atoms with Gasteiger partial charge in [0.25, 0.3) is 11.6 Å². The van der Waals surface area contributed by atoms with Crippen molar-refractivity contribution >= 4 is 35.1 Å². The van der Waals surface area contributed by atoms with E-state index < -0.39 is 64.0 Å². The van der Waals surface area contributed by atoms with Crippen LogP contribution in [0.15, 0.2) is 18.2 Å². The predicted molar refractivity (Wildman–Crippen MR) is 131 cm³/mol. The van der Waals surface area contributed by atoms with Crippen LogP contribution in [0.4, 0.5) is 51.3 Å². The molecule has 0 aliphatic carbocycles. The van der Waals surface area contributed by atoms with Crippen molar-refractivity contribution in [2.75, 3.05) is 49.4 Å². The van der Waals surface area contributed by atoms with E-state index in [-0.39, 0.29) is 45.1 Å². The van der Waals surface area contributed by atoms with Crippen molar-refractivity contribution in [3.8, 4) is 0 Å². The summed E-state index contributed by atoms with van der Waals surface area (Å²) in [6, 6.07) is 0.888. The molecule has 0 atom stereocenters. The van der Waals surface area contributed by atoms with E-state index in [0.29, 0.717) is 22.8 Å². The number of thioether (sulfide) groups is 1. The summed E-state index contributed by atoms with van der Waals surface area (Å²) in [5.41, 5.74) is -4.77. The van der Waals surface area contributed by atoms with Gasteiger partial charge in [-0.1, -0.05) is 0 Å². The summed E-state index contributed by atoms with van der Waals surface area (Å²) < 4.78 is 113. The van der Waals surface area contributed by atoms with Gasteiger partial charge in [0.15, 0.2) is 0 Å². The molecule has 9 nitrogen and oxygen atoms in total. The molecule has 0 spiro atoms. The molecule has 1 aliphatic rings. The van der Waals surface area contributed by atoms with Gasteiger partial charge in [-0.2, -0.15) is 46.9 Å². The van der Waals surface area contributed by atoms with Gasteiger partial charge in [0.1, 0.15) is 11.1 Å². The van der Waals surface area contributed by atoms with E-state index in [0.717, 1.165) is 22.7 Å². The summed E-state index contributed by atoms with van der Waals surface area (Å²) in [7, 11) is 0. The number of amides is 3. The number of nitrogens with zero attached hydrogens (tertiary/aromatic N) is 3. The van der Waals surface area contributed by atoms with E-state index >= 15 is 0 Å². The lowest BCUT2D eigenvalue weighted by Crippen LogP contribution is -2.45. The Morgan fingerprint density at radius 1 is 0.951 bits per heavy atom. The van der Waals surface area contributed by atoms with Crippen molar-refractivity contribution in [2.24, 2.45) is 0 Å². The van der Waals surface area contributed by atoms with Crippen molar-refractivity contribution in [1.29, 1.82) is 0 Å². The summed E-state index contributed by atoms with van der Waals surface area (Å²) in [5, 5.41) is 11.0. The third-order valence-corrected chi connectivity index (χ3v) is 6.99. The second-order valence-corrected chi connectivity index (χ2v) is 10.5. The van der Waals surface area contributed by atoms with Crippen LogP contribution in [0.2, 0.25) is 0 Å². The number of ether oxygens (including phenoxy) is 2. The lowest BCUT2D eigenvalue weighted by molar-refractivity contribution is -0.388. The molecular weight excluding hydrogens is 598 g/mol. The van der Waals surface area contributed by atoms with Crippen LogP contribution in [0, 0.1) is 10.1 Å². The number of nitro benzene ring substituents is 1. The number of halogens is 8. The molecule has 1 aromatic carbocycles. The normalized spacial score (nSPS) is 16.1. The number of alkyl halides is 8. The predicted octanol–water partition coefficient (Wildman–Crippen LogP) is 5.91. The summed E-state index contributed by atoms with van der Waals surface area (Å²) in [6.07, 6.45) is -12.3. The molecule has 1 fully saturated rings. The summed E-state index contributed by atoms with van der Waals surface area (Å²) >= 11 is 1.15. The van der Waals surface area contributed by atoms with Crippen molar-refractivity contribution in [3.63, 3.8) is 0 Å². The molecule has 0 radical (unpaired) electrons. The minimum Gasteiger partial charge on any atom is -0.378 e. The molecule has 2 rings (SSSR count). The molecule has 18 heteroatoms. The zero-order valence-corrected chi connectivity index (χ0v) is 22.6. The summed E-state index contributed by atoms with van der Waals surface area (Å²) in [6.45, 7) is 2.90. The van der Waals surface area contributed by atoms with Crippen LogP contribution < -0.4 is 4.90 Å². The molecule has 1 aliphatic heterocycles. The molecule has 0 unspecified atom stereocenters. The first-order valence-electron chi connectivity index (χ1n) is 12.0. The van der Waals surface area contributed by atoms with E-state index in [9.17, 15) is 54.8 Å². The van der Waals surface area contributed by atoms with Gasteiger partial charge in [0.2, 0.25) is 0 Å². The van der Waals surface area contributed by atoms with E-state index in [1.807, 2.05) is 0 Å². The fourth-order valence-corrected chi connectivity index (χ4v) is 4.51. The Kier molecular flexibility index (Phi) is 11.3. The van der Waals surface area contributed by atoms with Crippen LogP contribution in [0.5, 0.6) is 0 Å². The van der Waals surface area contributed by atoms with E-state index in [1.54, 1.807) is 0 Å². The molecule has 0 bridgehead atoms. The Balaban J connectivity index is 1.78. The highest BCUT2D eigenvalue weighted by molar-refractivity contribution is 7.99. The van der Waals surface area contributed by atoms with Gasteiger partial charge in [-0.25, -0.2) is 9.69 Å². The van der Waals surface area contributed by atoms with Crippen LogP contribution in [0.25, 0.3) is 0 Å². The van der Waals surface area contributed by atoms with Crippen LogP contribution in [-0.4, -0.2) is 83.9 Å². The molecule has 1 saturated heterocycles. The van der Waals surface area contributed by atoms with Crippen LogP contribution in [0.1, 0.15) is 32.3 Å². The second-order valence-electron chi connectivity index (χ2n) is 9.23. The number of hydrogen-bond donors (Lipinski definition) is 0. The zero-order valence-electron chi connectivity index (χ0n) is 21.8. The number of hydrogen-bond acceptors (Lipinski definition) is 7. The van der Waals surface area contributed by atoms with Gasteiger partial charge in [0, 0.05) is 24.8 Å². The SMILES string of the molecule is CC1(C)C(=O)N(c2ccc([N+](=O)[O-])c(C(F)(F)F)c2)C(=O)N1CCOCCOCCSCCCC(F)(F)C(F)(F)F. The maximum atomic E-state index is 13.4. The highest BCUT2D eigenvalue weighted by Crippen LogP contribution is 2.41. The van der Waals surface area contributed by atoms with Gasteiger partial charge in [-0.15, -0.1) is 0 Å². The lowest BCUT2D eigenvalue weighted by atomic mass is 10.0. The molecule has 1 heterocycles. The molecule has 0 aromatic heterocycles. The Labute approximate surface area is 233 Å². The fraction of sp³-hybridized carbons (Fsp3) is 0.652. The third kappa shape index (κ3) is 8.64. The monoisotopic (exact) mass is 625 g/mol. The first kappa shape index (κ1) is 34.5. The molecule has 0 saturated carbocycles. The van der Waals surface area contributed by atoms with Crippen molar-refractivity contribution < 1.29 is 59.1 Å². The van der Waals surface area contributed by atoms with E-state index in [2.05, 4.69) is 0 Å². The van der Waals surface area contributed by atoms with Crippen molar-refractivity contribution in [3.05, 3.63) is 33.9 Å². The number of carbonyl (C=O) groups excluding carboxylic acids is 2. The highest BCUT2D eigenvalue weighted by atomic mass is 32.2. The highest BCUT2D eigenvalue weighted by Gasteiger charge is 2.56. The van der Waals surface area contributed by atoms with Gasteiger partial charge in [-0.3, -0.25) is 14.9 Å². The Morgan fingerprint density at radius 2 is 1.56 bits per heavy atom. The first-order valence-corrected chi connectivity index (χ1v) is 13.2. The number of nitro groups is 1. The van der Waals surface area contributed by atoms with Crippen molar-refractivity contribution in [1.82, 2.24) is 4.90 Å². The minimum atomic E-state index is -5.57. The fourth-order valence-electron chi connectivity index (χ4n) is 3.72. The van der Waals surface area contributed by atoms with Gasteiger partial charge >= 0.3 is 24.3 Å². The number of rotatable bonds is 15. The Bertz CT molecular complexity index is 1100. The van der Waals surface area contributed by atoms with E-state index in [4.69, 9.17) is 9.47 Å².